The Morgan fingerprint density at radius 1 is 1.33 bits per heavy atom. The van der Waals surface area contributed by atoms with Crippen LogP contribution in [0.5, 0.6) is 0 Å². The molecule has 0 aliphatic heterocycles. The fraction of sp³-hybridized carbons (Fsp3) is 0.385. The molecule has 0 saturated heterocycles. The number of nitrogens with two attached hydrogens (primary N) is 1. The topological polar surface area (TPSA) is 127 Å². The largest absolute Gasteiger partial charge is 0.481 e. The van der Waals surface area contributed by atoms with E-state index in [0.29, 0.717) is 11.3 Å². The summed E-state index contributed by atoms with van der Waals surface area (Å²) in [5.41, 5.74) is 1.02. The summed E-state index contributed by atoms with van der Waals surface area (Å²) in [5, 5.41) is 16.3. The van der Waals surface area contributed by atoms with E-state index in [1.54, 1.807) is 13.8 Å². The molecule has 0 bridgehead atoms. The summed E-state index contributed by atoms with van der Waals surface area (Å²) in [4.78, 5) is 22.3. The van der Waals surface area contributed by atoms with Crippen LogP contribution in [0.2, 0.25) is 0 Å². The van der Waals surface area contributed by atoms with Crippen LogP contribution in [0.15, 0.2) is 23.1 Å². The molecule has 0 radical (unpaired) electrons. The number of carbonyl (C=O) groups is 2. The highest BCUT2D eigenvalue weighted by Gasteiger charge is 2.15. The van der Waals surface area contributed by atoms with Gasteiger partial charge in [-0.2, -0.15) is 0 Å². The van der Waals surface area contributed by atoms with Crippen molar-refractivity contribution in [1.82, 2.24) is 0 Å². The van der Waals surface area contributed by atoms with Gasteiger partial charge in [0.05, 0.1) is 4.90 Å². The minimum Gasteiger partial charge on any atom is -0.481 e. The first-order chi connectivity index (χ1) is 9.59. The monoisotopic (exact) mass is 314 g/mol. The van der Waals surface area contributed by atoms with Crippen LogP contribution in [0.3, 0.4) is 0 Å². The van der Waals surface area contributed by atoms with Crippen molar-refractivity contribution < 1.29 is 23.1 Å². The van der Waals surface area contributed by atoms with Crippen LogP contribution in [0.25, 0.3) is 0 Å². The summed E-state index contributed by atoms with van der Waals surface area (Å²) in [6.07, 6.45) is -0.0744. The third-order valence-corrected chi connectivity index (χ3v) is 3.78. The van der Waals surface area contributed by atoms with E-state index in [0.717, 1.165) is 0 Å². The van der Waals surface area contributed by atoms with E-state index >= 15 is 0 Å². The Morgan fingerprint density at radius 3 is 2.48 bits per heavy atom. The molecular weight excluding hydrogens is 296 g/mol. The van der Waals surface area contributed by atoms with Gasteiger partial charge in [0.15, 0.2) is 0 Å². The number of aryl methyl sites for hydroxylation is 1. The number of carbonyl (C=O) groups excluding carboxylic acids is 1. The van der Waals surface area contributed by atoms with Crippen molar-refractivity contribution in [1.29, 1.82) is 0 Å². The second-order valence-corrected chi connectivity index (χ2v) is 6.54. The maximum absolute atomic E-state index is 11.8. The zero-order chi connectivity index (χ0) is 16.2. The van der Waals surface area contributed by atoms with Gasteiger partial charge in [0.2, 0.25) is 15.9 Å². The van der Waals surface area contributed by atoms with Crippen molar-refractivity contribution in [3.63, 3.8) is 0 Å². The predicted molar refractivity (Wildman–Crippen MR) is 77.2 cm³/mol. The molecule has 0 saturated carbocycles. The summed E-state index contributed by atoms with van der Waals surface area (Å²) < 4.78 is 22.6. The standard InChI is InChI=1S/C13H18N2O5S/c1-8(6-13(17)18)5-12(16)15-11-7-10(21(14,19)20)4-3-9(11)2/h3-4,7-8H,5-6H2,1-2H3,(H,15,16)(H,17,18)(H2,14,19,20). The number of amides is 1. The normalized spacial score (nSPS) is 12.7. The lowest BCUT2D eigenvalue weighted by Crippen LogP contribution is -2.18. The van der Waals surface area contributed by atoms with E-state index in [1.165, 1.54) is 18.2 Å². The number of rotatable bonds is 6. The van der Waals surface area contributed by atoms with Crippen molar-refractivity contribution in [3.05, 3.63) is 23.8 Å². The number of carboxylic acids is 1. The van der Waals surface area contributed by atoms with Crippen LogP contribution >= 0.6 is 0 Å². The lowest BCUT2D eigenvalue weighted by Gasteiger charge is -2.12. The molecule has 1 rings (SSSR count). The van der Waals surface area contributed by atoms with Crippen LogP contribution < -0.4 is 10.5 Å². The van der Waals surface area contributed by atoms with E-state index < -0.39 is 16.0 Å². The number of aliphatic carboxylic acids is 1. The van der Waals surface area contributed by atoms with Gasteiger partial charge in [0.1, 0.15) is 0 Å². The van der Waals surface area contributed by atoms with Gasteiger partial charge in [-0.05, 0) is 30.5 Å². The molecule has 1 amide bonds. The lowest BCUT2D eigenvalue weighted by atomic mass is 10.0. The molecule has 0 fully saturated rings. The summed E-state index contributed by atoms with van der Waals surface area (Å²) in [6, 6.07) is 4.17. The Morgan fingerprint density at radius 2 is 1.95 bits per heavy atom. The molecule has 0 aliphatic rings. The van der Waals surface area contributed by atoms with Crippen molar-refractivity contribution >= 4 is 27.6 Å². The molecule has 4 N–H and O–H groups in total. The molecule has 21 heavy (non-hydrogen) atoms. The number of primary sulfonamides is 1. The van der Waals surface area contributed by atoms with E-state index in [9.17, 15) is 18.0 Å². The second-order valence-electron chi connectivity index (χ2n) is 4.98. The Balaban J connectivity index is 2.83. The molecule has 8 heteroatoms. The van der Waals surface area contributed by atoms with Gasteiger partial charge in [0.25, 0.3) is 0 Å². The molecule has 116 valence electrons. The minimum absolute atomic E-state index is 0.0331. The first-order valence-corrected chi connectivity index (χ1v) is 7.79. The number of nitrogens with one attached hydrogen (secondary N) is 1. The molecular formula is C13H18N2O5S. The first kappa shape index (κ1) is 17.1. The summed E-state index contributed by atoms with van der Waals surface area (Å²) in [7, 11) is -3.85. The number of sulfonamides is 1. The van der Waals surface area contributed by atoms with Gasteiger partial charge in [-0.3, -0.25) is 9.59 Å². The Bertz CT molecular complexity index is 655. The number of benzene rings is 1. The van der Waals surface area contributed by atoms with Crippen LogP contribution in [-0.4, -0.2) is 25.4 Å². The van der Waals surface area contributed by atoms with Gasteiger partial charge in [-0.25, -0.2) is 13.6 Å². The van der Waals surface area contributed by atoms with E-state index in [2.05, 4.69) is 5.32 Å². The third-order valence-electron chi connectivity index (χ3n) is 2.87. The molecule has 1 atom stereocenters. The van der Waals surface area contributed by atoms with E-state index in [4.69, 9.17) is 10.2 Å². The van der Waals surface area contributed by atoms with Gasteiger partial charge in [0, 0.05) is 18.5 Å². The van der Waals surface area contributed by atoms with Crippen molar-refractivity contribution in [2.45, 2.75) is 31.6 Å². The molecule has 1 aromatic rings. The molecule has 7 nitrogen and oxygen atoms in total. The fourth-order valence-corrected chi connectivity index (χ4v) is 2.34. The number of carboxylic acid groups (broad SMARTS) is 1. The van der Waals surface area contributed by atoms with Crippen LogP contribution in [0.4, 0.5) is 5.69 Å². The summed E-state index contributed by atoms with van der Waals surface area (Å²) >= 11 is 0. The van der Waals surface area contributed by atoms with Gasteiger partial charge in [-0.1, -0.05) is 13.0 Å². The highest BCUT2D eigenvalue weighted by atomic mass is 32.2. The Labute approximate surface area is 123 Å². The van der Waals surface area contributed by atoms with Gasteiger partial charge >= 0.3 is 5.97 Å². The Hall–Kier alpha value is -1.93. The van der Waals surface area contributed by atoms with Crippen molar-refractivity contribution in [2.24, 2.45) is 11.1 Å². The van der Waals surface area contributed by atoms with Crippen LogP contribution in [0, 0.1) is 12.8 Å². The molecule has 0 aromatic heterocycles. The number of anilines is 1. The summed E-state index contributed by atoms with van der Waals surface area (Å²) in [5.74, 6) is -1.66. The maximum Gasteiger partial charge on any atom is 0.303 e. The number of hydrogen-bond donors (Lipinski definition) is 3. The zero-order valence-corrected chi connectivity index (χ0v) is 12.6. The second kappa shape index (κ2) is 6.68. The maximum atomic E-state index is 11.8. The van der Waals surface area contributed by atoms with Crippen LogP contribution in [-0.2, 0) is 19.6 Å². The molecule has 0 spiro atoms. The average molecular weight is 314 g/mol. The average Bonchev–Trinajstić information content (AvgIpc) is 2.28. The van der Waals surface area contributed by atoms with Gasteiger partial charge in [-0.15, -0.1) is 0 Å². The third kappa shape index (κ3) is 5.52. The van der Waals surface area contributed by atoms with E-state index in [1.807, 2.05) is 0 Å². The SMILES string of the molecule is Cc1ccc(S(N)(=O)=O)cc1NC(=O)CC(C)CC(=O)O. The first-order valence-electron chi connectivity index (χ1n) is 6.24. The highest BCUT2D eigenvalue weighted by molar-refractivity contribution is 7.89. The number of hydrogen-bond acceptors (Lipinski definition) is 4. The van der Waals surface area contributed by atoms with E-state index in [-0.39, 0.29) is 29.6 Å². The van der Waals surface area contributed by atoms with Crippen molar-refractivity contribution in [2.75, 3.05) is 5.32 Å². The fourth-order valence-electron chi connectivity index (χ4n) is 1.80. The lowest BCUT2D eigenvalue weighted by molar-refractivity contribution is -0.138. The van der Waals surface area contributed by atoms with Gasteiger partial charge < -0.3 is 10.4 Å². The highest BCUT2D eigenvalue weighted by Crippen LogP contribution is 2.20. The molecule has 1 unspecified atom stereocenters. The molecule has 0 aliphatic carbocycles. The molecule has 1 aromatic carbocycles. The smallest absolute Gasteiger partial charge is 0.303 e. The zero-order valence-electron chi connectivity index (χ0n) is 11.8. The minimum atomic E-state index is -3.85. The Kier molecular flexibility index (Phi) is 5.45. The molecule has 0 heterocycles. The van der Waals surface area contributed by atoms with Crippen LogP contribution in [0.1, 0.15) is 25.3 Å². The predicted octanol–water partition coefficient (Wildman–Crippen LogP) is 1.08. The quantitative estimate of drug-likeness (QED) is 0.724. The summed E-state index contributed by atoms with van der Waals surface area (Å²) in [6.45, 7) is 3.37. The van der Waals surface area contributed by atoms with Crippen molar-refractivity contribution in [3.8, 4) is 0 Å².